The van der Waals surface area contributed by atoms with E-state index < -0.39 is 9.85 Å². The molecular formula is C15H12N6O4Se. The van der Waals surface area contributed by atoms with E-state index in [1.54, 1.807) is 0 Å². The van der Waals surface area contributed by atoms with Crippen LogP contribution in [-0.2, 0) is 11.9 Å². The summed E-state index contributed by atoms with van der Waals surface area (Å²) in [6.07, 6.45) is 0. The fourth-order valence-corrected chi connectivity index (χ4v) is 3.74. The molecule has 0 amide bonds. The average molecular weight is 419 g/mol. The van der Waals surface area contributed by atoms with Crippen molar-refractivity contribution in [3.8, 4) is 0 Å². The predicted molar refractivity (Wildman–Crippen MR) is 92.2 cm³/mol. The van der Waals surface area contributed by atoms with Gasteiger partial charge in [-0.2, -0.15) is 0 Å². The monoisotopic (exact) mass is 420 g/mol. The second kappa shape index (κ2) is 7.81. The molecule has 2 aromatic carbocycles. The van der Waals surface area contributed by atoms with Crippen LogP contribution in [-0.4, -0.2) is 45.0 Å². The second-order valence-electron chi connectivity index (χ2n) is 5.20. The SMILES string of the molecule is O=[N+]([O-])c1ccc(Cn2nnc([Se]Cc3ccccc3)n2)c([N+](=O)[O-])c1. The predicted octanol–water partition coefficient (Wildman–Crippen LogP) is 1.07. The zero-order valence-electron chi connectivity index (χ0n) is 13.3. The van der Waals surface area contributed by atoms with E-state index in [-0.39, 0.29) is 38.4 Å². The zero-order chi connectivity index (χ0) is 18.5. The first-order valence-electron chi connectivity index (χ1n) is 7.39. The van der Waals surface area contributed by atoms with Crippen molar-refractivity contribution >= 4 is 31.1 Å². The maximum absolute atomic E-state index is 11.2. The standard InChI is InChI=1S/C15H12N6O4Se/c22-20(23)13-7-6-12(14(8-13)21(24)25)9-19-17-15(16-18-19)26-10-11-4-2-1-3-5-11/h1-8H,9-10H2. The van der Waals surface area contributed by atoms with Crippen molar-refractivity contribution in [1.29, 1.82) is 0 Å². The third-order valence-electron chi connectivity index (χ3n) is 3.43. The number of non-ortho nitro benzene ring substituents is 1. The normalized spacial score (nSPS) is 10.6. The third kappa shape index (κ3) is 4.26. The molecule has 0 aliphatic carbocycles. The molecule has 1 aromatic heterocycles. The van der Waals surface area contributed by atoms with E-state index in [1.165, 1.54) is 22.5 Å². The van der Waals surface area contributed by atoms with Crippen molar-refractivity contribution in [2.24, 2.45) is 0 Å². The van der Waals surface area contributed by atoms with E-state index >= 15 is 0 Å². The maximum atomic E-state index is 11.2. The van der Waals surface area contributed by atoms with Crippen molar-refractivity contribution in [2.75, 3.05) is 0 Å². The van der Waals surface area contributed by atoms with E-state index in [1.807, 2.05) is 30.3 Å². The topological polar surface area (TPSA) is 130 Å². The molecule has 10 nitrogen and oxygen atoms in total. The first-order valence-corrected chi connectivity index (χ1v) is 9.46. The van der Waals surface area contributed by atoms with Gasteiger partial charge in [-0.1, -0.05) is 0 Å². The molecule has 0 saturated heterocycles. The molecule has 0 spiro atoms. The summed E-state index contributed by atoms with van der Waals surface area (Å²) in [7, 11) is 0. The number of aromatic nitrogens is 4. The fourth-order valence-electron chi connectivity index (χ4n) is 2.20. The van der Waals surface area contributed by atoms with Gasteiger partial charge in [-0.3, -0.25) is 0 Å². The number of benzene rings is 2. The van der Waals surface area contributed by atoms with Gasteiger partial charge in [0.05, 0.1) is 0 Å². The van der Waals surface area contributed by atoms with Crippen LogP contribution in [0.5, 0.6) is 0 Å². The van der Waals surface area contributed by atoms with Crippen LogP contribution in [0.2, 0.25) is 0 Å². The van der Waals surface area contributed by atoms with Gasteiger partial charge in [0.1, 0.15) is 0 Å². The van der Waals surface area contributed by atoms with Crippen molar-refractivity contribution in [2.45, 2.75) is 11.9 Å². The molecule has 0 aliphatic heterocycles. The molecule has 0 N–H and O–H groups in total. The number of hydrogen-bond acceptors (Lipinski definition) is 7. The van der Waals surface area contributed by atoms with Gasteiger partial charge in [0.25, 0.3) is 0 Å². The van der Waals surface area contributed by atoms with Crippen molar-refractivity contribution in [3.63, 3.8) is 0 Å². The Balaban J connectivity index is 1.72. The summed E-state index contributed by atoms with van der Waals surface area (Å²) in [4.78, 5) is 21.9. The van der Waals surface area contributed by atoms with Gasteiger partial charge in [0, 0.05) is 0 Å². The Hall–Kier alpha value is -3.17. The number of rotatable bonds is 7. The molecule has 0 atom stereocenters. The van der Waals surface area contributed by atoms with Gasteiger partial charge >= 0.3 is 153 Å². The zero-order valence-corrected chi connectivity index (χ0v) is 15.0. The Bertz CT molecular complexity index is 946. The van der Waals surface area contributed by atoms with E-state index in [2.05, 4.69) is 15.4 Å². The molecule has 11 heteroatoms. The first kappa shape index (κ1) is 17.6. The number of nitrogens with zero attached hydrogens (tertiary/aromatic N) is 6. The van der Waals surface area contributed by atoms with Crippen LogP contribution in [0.25, 0.3) is 0 Å². The van der Waals surface area contributed by atoms with Crippen LogP contribution in [0.1, 0.15) is 11.1 Å². The number of nitro benzene ring substituents is 2. The number of tetrazole rings is 1. The molecule has 132 valence electrons. The minimum atomic E-state index is -0.672. The van der Waals surface area contributed by atoms with E-state index in [0.717, 1.165) is 11.4 Å². The van der Waals surface area contributed by atoms with E-state index in [0.29, 0.717) is 4.72 Å². The molecule has 0 bridgehead atoms. The number of nitro groups is 2. The second-order valence-corrected chi connectivity index (χ2v) is 7.18. The van der Waals surface area contributed by atoms with Gasteiger partial charge in [0.2, 0.25) is 0 Å². The Morgan fingerprint density at radius 1 is 1.04 bits per heavy atom. The van der Waals surface area contributed by atoms with Crippen molar-refractivity contribution in [3.05, 3.63) is 79.9 Å². The molecule has 0 aliphatic rings. The molecule has 3 rings (SSSR count). The average Bonchev–Trinajstić information content (AvgIpc) is 3.08. The van der Waals surface area contributed by atoms with Gasteiger partial charge in [0.15, 0.2) is 0 Å². The van der Waals surface area contributed by atoms with Gasteiger partial charge in [-0.15, -0.1) is 0 Å². The van der Waals surface area contributed by atoms with E-state index in [4.69, 9.17) is 0 Å². The van der Waals surface area contributed by atoms with Crippen molar-refractivity contribution in [1.82, 2.24) is 20.2 Å². The Kier molecular flexibility index (Phi) is 5.30. The first-order chi connectivity index (χ1) is 12.5. The molecule has 0 radical (unpaired) electrons. The quantitative estimate of drug-likeness (QED) is 0.318. The van der Waals surface area contributed by atoms with Gasteiger partial charge in [-0.25, -0.2) is 0 Å². The van der Waals surface area contributed by atoms with Crippen molar-refractivity contribution < 1.29 is 9.85 Å². The summed E-state index contributed by atoms with van der Waals surface area (Å²) in [6, 6.07) is 13.4. The third-order valence-corrected chi connectivity index (χ3v) is 5.32. The Labute approximate surface area is 153 Å². The number of hydrogen-bond donors (Lipinski definition) is 0. The molecule has 26 heavy (non-hydrogen) atoms. The van der Waals surface area contributed by atoms with Crippen LogP contribution in [0.15, 0.2) is 48.5 Å². The molecule has 0 unspecified atom stereocenters. The Morgan fingerprint density at radius 3 is 2.50 bits per heavy atom. The van der Waals surface area contributed by atoms with Crippen LogP contribution >= 0.6 is 0 Å². The molecule has 0 saturated carbocycles. The molecule has 3 aromatic rings. The summed E-state index contributed by atoms with van der Waals surface area (Å²) in [5, 5.41) is 34.9. The summed E-state index contributed by atoms with van der Waals surface area (Å²) in [6.45, 7) is 0.0166. The summed E-state index contributed by atoms with van der Waals surface area (Å²) in [5.41, 5.74) is 0.779. The van der Waals surface area contributed by atoms with Crippen LogP contribution in [0.4, 0.5) is 11.4 Å². The molecule has 1 heterocycles. The molecular weight excluding hydrogens is 407 g/mol. The van der Waals surface area contributed by atoms with Crippen LogP contribution in [0, 0.1) is 20.2 Å². The van der Waals surface area contributed by atoms with Crippen LogP contribution in [0.3, 0.4) is 0 Å². The fraction of sp³-hybridized carbons (Fsp3) is 0.133. The molecule has 0 fully saturated rings. The summed E-state index contributed by atoms with van der Waals surface area (Å²) >= 11 is -0.0129. The minimum absolute atomic E-state index is 0.0129. The Morgan fingerprint density at radius 2 is 1.81 bits per heavy atom. The summed E-state index contributed by atoms with van der Waals surface area (Å²) < 4.78 is 0.589. The summed E-state index contributed by atoms with van der Waals surface area (Å²) in [5.74, 6) is 0. The van der Waals surface area contributed by atoms with Crippen LogP contribution < -0.4 is 4.72 Å². The van der Waals surface area contributed by atoms with Gasteiger partial charge < -0.3 is 0 Å². The van der Waals surface area contributed by atoms with E-state index in [9.17, 15) is 20.2 Å². The van der Waals surface area contributed by atoms with Gasteiger partial charge in [-0.05, 0) is 0 Å².